The minimum absolute atomic E-state index is 0.234. The Kier molecular flexibility index (Phi) is 2.91. The maximum Gasteiger partial charge on any atom is 0.123 e. The second kappa shape index (κ2) is 4.29. The Morgan fingerprint density at radius 2 is 1.71 bits per heavy atom. The number of fused-ring (bicyclic) bond motifs is 2. The molecule has 0 aliphatic carbocycles. The van der Waals surface area contributed by atoms with Crippen molar-refractivity contribution in [2.75, 3.05) is 0 Å². The lowest BCUT2D eigenvalue weighted by atomic mass is 9.80. The zero-order valence-corrected chi connectivity index (χ0v) is 10.5. The summed E-state index contributed by atoms with van der Waals surface area (Å²) in [6.45, 7) is 0. The Bertz CT molecular complexity index is 391. The molecule has 3 rings (SSSR count). The first kappa shape index (κ1) is 11.5. The predicted molar refractivity (Wildman–Crippen MR) is 68.5 cm³/mol. The molecule has 2 bridgehead atoms. The molecule has 2 heterocycles. The van der Waals surface area contributed by atoms with Crippen LogP contribution in [0.4, 0.5) is 4.39 Å². The third kappa shape index (κ3) is 2.23. The van der Waals surface area contributed by atoms with E-state index in [-0.39, 0.29) is 5.82 Å². The van der Waals surface area contributed by atoms with Gasteiger partial charge in [-0.3, -0.25) is 0 Å². The first-order valence-electron chi connectivity index (χ1n) is 6.30. The zero-order chi connectivity index (χ0) is 11.9. The molecule has 2 fully saturated rings. The van der Waals surface area contributed by atoms with Crippen molar-refractivity contribution in [3.8, 4) is 0 Å². The number of hydrogen-bond donors (Lipinski definition) is 1. The molecule has 0 aromatic heterocycles. The SMILES string of the molecule is OC1(c2ccc(F)cc2)CC2CCCC(C1)S2. The predicted octanol–water partition coefficient (Wildman–Crippen LogP) is 3.46. The van der Waals surface area contributed by atoms with Gasteiger partial charge in [0, 0.05) is 10.5 Å². The van der Waals surface area contributed by atoms with Crippen LogP contribution in [0.3, 0.4) is 0 Å². The molecule has 1 aromatic rings. The average molecular weight is 252 g/mol. The first-order valence-corrected chi connectivity index (χ1v) is 7.24. The minimum atomic E-state index is -0.727. The Morgan fingerprint density at radius 3 is 2.29 bits per heavy atom. The van der Waals surface area contributed by atoms with Crippen molar-refractivity contribution in [3.05, 3.63) is 35.6 Å². The summed E-state index contributed by atoms with van der Waals surface area (Å²) in [6, 6.07) is 6.37. The molecule has 3 heteroatoms. The highest BCUT2D eigenvalue weighted by molar-refractivity contribution is 8.00. The van der Waals surface area contributed by atoms with E-state index in [1.165, 1.54) is 31.4 Å². The molecule has 1 aromatic carbocycles. The van der Waals surface area contributed by atoms with E-state index in [1.807, 2.05) is 11.8 Å². The fourth-order valence-electron chi connectivity index (χ4n) is 3.11. The van der Waals surface area contributed by atoms with Gasteiger partial charge in [-0.15, -0.1) is 0 Å². The summed E-state index contributed by atoms with van der Waals surface area (Å²) < 4.78 is 12.9. The Morgan fingerprint density at radius 1 is 1.12 bits per heavy atom. The van der Waals surface area contributed by atoms with Gasteiger partial charge in [0.2, 0.25) is 0 Å². The van der Waals surface area contributed by atoms with E-state index in [0.29, 0.717) is 10.5 Å². The van der Waals surface area contributed by atoms with Crippen LogP contribution < -0.4 is 0 Å². The van der Waals surface area contributed by atoms with E-state index < -0.39 is 5.60 Å². The fourth-order valence-corrected chi connectivity index (χ4v) is 5.01. The smallest absolute Gasteiger partial charge is 0.123 e. The average Bonchev–Trinajstić information content (AvgIpc) is 2.29. The molecule has 2 saturated heterocycles. The molecule has 1 N–H and O–H groups in total. The molecular weight excluding hydrogens is 235 g/mol. The van der Waals surface area contributed by atoms with Crippen molar-refractivity contribution in [1.29, 1.82) is 0 Å². The highest BCUT2D eigenvalue weighted by Crippen LogP contribution is 2.49. The second-order valence-electron chi connectivity index (χ2n) is 5.26. The van der Waals surface area contributed by atoms with Crippen molar-refractivity contribution < 1.29 is 9.50 Å². The highest BCUT2D eigenvalue weighted by Gasteiger charge is 2.42. The van der Waals surface area contributed by atoms with Crippen LogP contribution in [0.5, 0.6) is 0 Å². The normalized spacial score (nSPS) is 36.8. The van der Waals surface area contributed by atoms with Gasteiger partial charge in [-0.1, -0.05) is 18.6 Å². The summed E-state index contributed by atoms with van der Waals surface area (Å²) >= 11 is 2.04. The largest absolute Gasteiger partial charge is 0.385 e. The van der Waals surface area contributed by atoms with E-state index in [2.05, 4.69) is 0 Å². The molecule has 0 amide bonds. The van der Waals surface area contributed by atoms with Crippen LogP contribution in [0.15, 0.2) is 24.3 Å². The van der Waals surface area contributed by atoms with Crippen LogP contribution in [0, 0.1) is 5.82 Å². The third-order valence-corrected chi connectivity index (χ3v) is 5.52. The quantitative estimate of drug-likeness (QED) is 0.826. The number of thioether (sulfide) groups is 1. The molecule has 2 aliphatic heterocycles. The Balaban J connectivity index is 1.87. The fraction of sp³-hybridized carbons (Fsp3) is 0.571. The van der Waals surface area contributed by atoms with Gasteiger partial charge in [-0.25, -0.2) is 4.39 Å². The van der Waals surface area contributed by atoms with E-state index in [9.17, 15) is 9.50 Å². The van der Waals surface area contributed by atoms with Crippen molar-refractivity contribution >= 4 is 11.8 Å². The Hall–Kier alpha value is -0.540. The summed E-state index contributed by atoms with van der Waals surface area (Å²) in [4.78, 5) is 0. The third-order valence-electron chi connectivity index (χ3n) is 3.95. The van der Waals surface area contributed by atoms with Gasteiger partial charge < -0.3 is 5.11 Å². The molecule has 92 valence electrons. The van der Waals surface area contributed by atoms with Gasteiger partial charge >= 0.3 is 0 Å². The first-order chi connectivity index (χ1) is 8.16. The summed E-state index contributed by atoms with van der Waals surface area (Å²) in [5, 5.41) is 12.0. The number of rotatable bonds is 1. The van der Waals surface area contributed by atoms with E-state index in [1.54, 1.807) is 12.1 Å². The molecule has 2 aliphatic rings. The van der Waals surface area contributed by atoms with E-state index in [4.69, 9.17) is 0 Å². The van der Waals surface area contributed by atoms with Crippen LogP contribution >= 0.6 is 11.8 Å². The molecular formula is C14H17FOS. The van der Waals surface area contributed by atoms with Crippen molar-refractivity contribution in [3.63, 3.8) is 0 Å². The van der Waals surface area contributed by atoms with Crippen molar-refractivity contribution in [1.82, 2.24) is 0 Å². The molecule has 1 nitrogen and oxygen atoms in total. The summed E-state index contributed by atoms with van der Waals surface area (Å²) in [6.07, 6.45) is 5.36. The zero-order valence-electron chi connectivity index (χ0n) is 9.73. The van der Waals surface area contributed by atoms with Gasteiger partial charge in [-0.05, 0) is 43.4 Å². The van der Waals surface area contributed by atoms with Crippen LogP contribution in [-0.2, 0) is 5.60 Å². The van der Waals surface area contributed by atoms with Crippen LogP contribution in [0.2, 0.25) is 0 Å². The maximum atomic E-state index is 12.9. The lowest BCUT2D eigenvalue weighted by Crippen LogP contribution is -2.40. The van der Waals surface area contributed by atoms with Crippen molar-refractivity contribution in [2.45, 2.75) is 48.2 Å². The van der Waals surface area contributed by atoms with E-state index >= 15 is 0 Å². The van der Waals surface area contributed by atoms with Gasteiger partial charge in [0.15, 0.2) is 0 Å². The van der Waals surface area contributed by atoms with Gasteiger partial charge in [0.25, 0.3) is 0 Å². The van der Waals surface area contributed by atoms with Crippen LogP contribution in [0.1, 0.15) is 37.7 Å². The summed E-state index contributed by atoms with van der Waals surface area (Å²) in [5.41, 5.74) is 0.158. The molecule has 0 spiro atoms. The number of aliphatic hydroxyl groups is 1. The minimum Gasteiger partial charge on any atom is -0.385 e. The van der Waals surface area contributed by atoms with Gasteiger partial charge in [0.05, 0.1) is 5.60 Å². The summed E-state index contributed by atoms with van der Waals surface area (Å²) in [7, 11) is 0. The number of benzene rings is 1. The number of halogens is 1. The maximum absolute atomic E-state index is 12.9. The topological polar surface area (TPSA) is 20.2 Å². The lowest BCUT2D eigenvalue weighted by Gasteiger charge is -2.44. The molecule has 0 saturated carbocycles. The molecule has 2 atom stereocenters. The van der Waals surface area contributed by atoms with Gasteiger partial charge in [-0.2, -0.15) is 11.8 Å². The monoisotopic (exact) mass is 252 g/mol. The highest BCUT2D eigenvalue weighted by atomic mass is 32.2. The van der Waals surface area contributed by atoms with Crippen LogP contribution in [-0.4, -0.2) is 15.6 Å². The summed E-state index contributed by atoms with van der Waals surface area (Å²) in [5.74, 6) is -0.234. The van der Waals surface area contributed by atoms with Gasteiger partial charge in [0.1, 0.15) is 5.82 Å². The Labute approximate surface area is 105 Å². The molecule has 0 radical (unpaired) electrons. The standard InChI is InChI=1S/C14H17FOS/c15-11-6-4-10(5-7-11)14(16)8-12-2-1-3-13(9-14)17-12/h4-7,12-13,16H,1-3,8-9H2. The molecule has 17 heavy (non-hydrogen) atoms. The van der Waals surface area contributed by atoms with Crippen molar-refractivity contribution in [2.24, 2.45) is 0 Å². The number of hydrogen-bond acceptors (Lipinski definition) is 2. The molecule has 2 unspecified atom stereocenters. The van der Waals surface area contributed by atoms with E-state index in [0.717, 1.165) is 18.4 Å². The van der Waals surface area contributed by atoms with Crippen LogP contribution in [0.25, 0.3) is 0 Å². The lowest BCUT2D eigenvalue weighted by molar-refractivity contribution is 0.00808. The second-order valence-corrected chi connectivity index (χ2v) is 6.86.